The van der Waals surface area contributed by atoms with Crippen LogP contribution in [0, 0.1) is 11.3 Å². The first-order chi connectivity index (χ1) is 9.69. The number of nitrogens with one attached hydrogen (secondary N) is 1. The Hall–Kier alpha value is -0.850. The Morgan fingerprint density at radius 1 is 1.41 bits per heavy atom. The number of likely N-dealkylation sites (tertiary alicyclic amines) is 1. The van der Waals surface area contributed by atoms with E-state index in [-0.39, 0.29) is 48.2 Å². The molecule has 1 aliphatic heterocycles. The van der Waals surface area contributed by atoms with E-state index in [9.17, 15) is 9.59 Å². The van der Waals surface area contributed by atoms with E-state index >= 15 is 0 Å². The molecule has 0 aliphatic carbocycles. The van der Waals surface area contributed by atoms with E-state index in [1.807, 2.05) is 18.7 Å². The normalized spacial score (nSPS) is 22.0. The number of amides is 2. The number of nitrogens with two attached hydrogens (primary N) is 1. The molecular formula is C15H30ClN3O3. The van der Waals surface area contributed by atoms with Gasteiger partial charge in [0.15, 0.2) is 0 Å². The number of hydrogen-bond donors (Lipinski definition) is 2. The zero-order valence-electron chi connectivity index (χ0n) is 14.2. The van der Waals surface area contributed by atoms with Crippen LogP contribution in [-0.4, -0.2) is 55.6 Å². The van der Waals surface area contributed by atoms with E-state index in [4.69, 9.17) is 10.5 Å². The average molecular weight is 336 g/mol. The monoisotopic (exact) mass is 335 g/mol. The van der Waals surface area contributed by atoms with Crippen LogP contribution >= 0.6 is 12.4 Å². The summed E-state index contributed by atoms with van der Waals surface area (Å²) in [7, 11) is 1.46. The molecule has 22 heavy (non-hydrogen) atoms. The number of piperidine rings is 1. The molecule has 1 heterocycles. The Labute approximate surface area is 139 Å². The molecule has 1 unspecified atom stereocenters. The summed E-state index contributed by atoms with van der Waals surface area (Å²) in [4.78, 5) is 26.2. The van der Waals surface area contributed by atoms with Crippen molar-refractivity contribution in [1.82, 2.24) is 10.2 Å². The first-order valence-corrected chi connectivity index (χ1v) is 7.51. The lowest BCUT2D eigenvalue weighted by atomic mass is 9.79. The third-order valence-electron chi connectivity index (χ3n) is 4.15. The molecule has 0 spiro atoms. The Kier molecular flexibility index (Phi) is 8.36. The second-order valence-electron chi connectivity index (χ2n) is 6.87. The number of hydrogen-bond acceptors (Lipinski definition) is 4. The first kappa shape index (κ1) is 21.1. The zero-order chi connectivity index (χ0) is 16.2. The zero-order valence-corrected chi connectivity index (χ0v) is 15.0. The summed E-state index contributed by atoms with van der Waals surface area (Å²) in [5.41, 5.74) is 6.00. The fourth-order valence-corrected chi connectivity index (χ4v) is 2.62. The molecule has 0 aromatic carbocycles. The molecule has 0 aromatic heterocycles. The van der Waals surface area contributed by atoms with Crippen molar-refractivity contribution in [3.05, 3.63) is 0 Å². The number of methoxy groups -OCH3 is 1. The van der Waals surface area contributed by atoms with Gasteiger partial charge in [-0.3, -0.25) is 9.59 Å². The van der Waals surface area contributed by atoms with Crippen LogP contribution in [0.1, 0.15) is 34.1 Å². The molecule has 0 radical (unpaired) electrons. The third kappa shape index (κ3) is 5.41. The molecule has 130 valence electrons. The predicted molar refractivity (Wildman–Crippen MR) is 88.8 cm³/mol. The SMILES string of the molecule is COCC(=O)N[C@H](C(=O)N1CCC(N)C(C)(C)C1)C(C)C.Cl. The lowest BCUT2D eigenvalue weighted by Crippen LogP contribution is -2.59. The van der Waals surface area contributed by atoms with Crippen LogP contribution in [0.5, 0.6) is 0 Å². The summed E-state index contributed by atoms with van der Waals surface area (Å²) in [6.07, 6.45) is 0.787. The average Bonchev–Trinajstić information content (AvgIpc) is 2.38. The minimum Gasteiger partial charge on any atom is -0.375 e. The van der Waals surface area contributed by atoms with Gasteiger partial charge in [-0.1, -0.05) is 27.7 Å². The Morgan fingerprint density at radius 2 is 2.00 bits per heavy atom. The van der Waals surface area contributed by atoms with Gasteiger partial charge in [0.05, 0.1) is 0 Å². The van der Waals surface area contributed by atoms with Crippen LogP contribution in [0.4, 0.5) is 0 Å². The fraction of sp³-hybridized carbons (Fsp3) is 0.867. The maximum Gasteiger partial charge on any atom is 0.246 e. The number of rotatable bonds is 5. The number of carbonyl (C=O) groups is 2. The molecule has 1 saturated heterocycles. The smallest absolute Gasteiger partial charge is 0.246 e. The van der Waals surface area contributed by atoms with Gasteiger partial charge in [0.2, 0.25) is 11.8 Å². The van der Waals surface area contributed by atoms with Crippen molar-refractivity contribution in [2.45, 2.75) is 46.2 Å². The molecule has 1 fully saturated rings. The van der Waals surface area contributed by atoms with Crippen molar-refractivity contribution in [2.75, 3.05) is 26.8 Å². The maximum atomic E-state index is 12.7. The maximum absolute atomic E-state index is 12.7. The highest BCUT2D eigenvalue weighted by Crippen LogP contribution is 2.28. The second-order valence-corrected chi connectivity index (χ2v) is 6.87. The van der Waals surface area contributed by atoms with E-state index in [1.165, 1.54) is 7.11 Å². The summed E-state index contributed by atoms with van der Waals surface area (Å²) < 4.78 is 4.80. The van der Waals surface area contributed by atoms with Crippen molar-refractivity contribution in [3.8, 4) is 0 Å². The summed E-state index contributed by atoms with van der Waals surface area (Å²) in [5, 5.41) is 2.77. The van der Waals surface area contributed by atoms with Crippen molar-refractivity contribution in [2.24, 2.45) is 17.1 Å². The molecule has 6 nitrogen and oxygen atoms in total. The van der Waals surface area contributed by atoms with Gasteiger partial charge >= 0.3 is 0 Å². The number of halogens is 1. The van der Waals surface area contributed by atoms with Crippen LogP contribution < -0.4 is 11.1 Å². The largest absolute Gasteiger partial charge is 0.375 e. The molecular weight excluding hydrogens is 306 g/mol. The van der Waals surface area contributed by atoms with Gasteiger partial charge < -0.3 is 20.7 Å². The topological polar surface area (TPSA) is 84.7 Å². The van der Waals surface area contributed by atoms with E-state index in [2.05, 4.69) is 19.2 Å². The molecule has 2 atom stereocenters. The van der Waals surface area contributed by atoms with Gasteiger partial charge in [-0.15, -0.1) is 12.4 Å². The highest BCUT2D eigenvalue weighted by molar-refractivity contribution is 5.88. The highest BCUT2D eigenvalue weighted by Gasteiger charge is 2.38. The van der Waals surface area contributed by atoms with Crippen LogP contribution in [0.2, 0.25) is 0 Å². The van der Waals surface area contributed by atoms with E-state index in [0.717, 1.165) is 6.42 Å². The summed E-state index contributed by atoms with van der Waals surface area (Å²) in [5.74, 6) is -0.274. The van der Waals surface area contributed by atoms with Crippen LogP contribution in [0.3, 0.4) is 0 Å². The fourth-order valence-electron chi connectivity index (χ4n) is 2.62. The molecule has 0 aromatic rings. The van der Waals surface area contributed by atoms with Gasteiger partial charge in [0.25, 0.3) is 0 Å². The number of ether oxygens (including phenoxy) is 1. The second kappa shape index (κ2) is 8.70. The molecule has 0 saturated carbocycles. The standard InChI is InChI=1S/C15H29N3O3.ClH/c1-10(2)13(17-12(19)8-21-5)14(20)18-7-6-11(16)15(3,4)9-18;/h10-11,13H,6-9,16H2,1-5H3,(H,17,19);1H/t11?,13-;/m0./s1. The lowest BCUT2D eigenvalue weighted by Gasteiger charge is -2.44. The van der Waals surface area contributed by atoms with Crippen molar-refractivity contribution >= 4 is 24.2 Å². The van der Waals surface area contributed by atoms with Crippen LogP contribution in [0.25, 0.3) is 0 Å². The number of nitrogens with zero attached hydrogens (tertiary/aromatic N) is 1. The van der Waals surface area contributed by atoms with Crippen molar-refractivity contribution in [3.63, 3.8) is 0 Å². The van der Waals surface area contributed by atoms with Crippen molar-refractivity contribution < 1.29 is 14.3 Å². The summed E-state index contributed by atoms with van der Waals surface area (Å²) >= 11 is 0. The lowest BCUT2D eigenvalue weighted by molar-refractivity contribution is -0.141. The van der Waals surface area contributed by atoms with E-state index in [1.54, 1.807) is 0 Å². The molecule has 0 bridgehead atoms. The molecule has 3 N–H and O–H groups in total. The molecule has 2 amide bonds. The summed E-state index contributed by atoms with van der Waals surface area (Å²) in [6.45, 7) is 9.24. The van der Waals surface area contributed by atoms with Gasteiger partial charge in [0, 0.05) is 26.2 Å². The minimum atomic E-state index is -0.516. The van der Waals surface area contributed by atoms with Gasteiger partial charge in [-0.2, -0.15) is 0 Å². The first-order valence-electron chi connectivity index (χ1n) is 7.51. The van der Waals surface area contributed by atoms with Crippen LogP contribution in [0.15, 0.2) is 0 Å². The van der Waals surface area contributed by atoms with Gasteiger partial charge in [0.1, 0.15) is 12.6 Å². The predicted octanol–water partition coefficient (Wildman–Crippen LogP) is 0.781. The van der Waals surface area contributed by atoms with Crippen molar-refractivity contribution in [1.29, 1.82) is 0 Å². The molecule has 1 aliphatic rings. The molecule has 1 rings (SSSR count). The van der Waals surface area contributed by atoms with Gasteiger partial charge in [-0.25, -0.2) is 0 Å². The van der Waals surface area contributed by atoms with E-state index < -0.39 is 6.04 Å². The molecule has 7 heteroatoms. The highest BCUT2D eigenvalue weighted by atomic mass is 35.5. The Balaban J connectivity index is 0.00000441. The Morgan fingerprint density at radius 3 is 2.45 bits per heavy atom. The van der Waals surface area contributed by atoms with E-state index in [0.29, 0.717) is 13.1 Å². The Bertz CT molecular complexity index is 388. The minimum absolute atomic E-state index is 0. The number of carbonyl (C=O) groups excluding carboxylic acids is 2. The summed E-state index contributed by atoms with van der Waals surface area (Å²) in [6, 6.07) is -0.417. The quantitative estimate of drug-likeness (QED) is 0.777. The van der Waals surface area contributed by atoms with Crippen LogP contribution in [-0.2, 0) is 14.3 Å². The van der Waals surface area contributed by atoms with Gasteiger partial charge in [-0.05, 0) is 17.8 Å². The third-order valence-corrected chi connectivity index (χ3v) is 4.15.